The van der Waals surface area contributed by atoms with E-state index < -0.39 is 11.6 Å². The van der Waals surface area contributed by atoms with Gasteiger partial charge in [0.05, 0.1) is 0 Å². The Bertz CT molecular complexity index is 386. The van der Waals surface area contributed by atoms with E-state index in [1.807, 2.05) is 6.92 Å². The van der Waals surface area contributed by atoms with Crippen molar-refractivity contribution in [2.24, 2.45) is 0 Å². The molecular formula is C14H22F2N2. The van der Waals surface area contributed by atoms with Gasteiger partial charge < -0.3 is 10.6 Å². The van der Waals surface area contributed by atoms with Crippen LogP contribution >= 0.6 is 0 Å². The van der Waals surface area contributed by atoms with E-state index in [2.05, 4.69) is 31.4 Å². The topological polar surface area (TPSA) is 24.1 Å². The van der Waals surface area contributed by atoms with Crippen molar-refractivity contribution >= 4 is 0 Å². The van der Waals surface area contributed by atoms with Crippen molar-refractivity contribution in [2.75, 3.05) is 13.1 Å². The third-order valence-electron chi connectivity index (χ3n) is 2.67. The van der Waals surface area contributed by atoms with Crippen LogP contribution in [0.1, 0.15) is 39.3 Å². The molecule has 0 radical (unpaired) electrons. The number of hydrogen-bond donors (Lipinski definition) is 2. The van der Waals surface area contributed by atoms with Crippen molar-refractivity contribution < 1.29 is 8.78 Å². The highest BCUT2D eigenvalue weighted by atomic mass is 19.2. The Morgan fingerprint density at radius 2 is 1.78 bits per heavy atom. The predicted molar refractivity (Wildman–Crippen MR) is 70.5 cm³/mol. The molecule has 0 aliphatic rings. The highest BCUT2D eigenvalue weighted by Crippen LogP contribution is 2.15. The van der Waals surface area contributed by atoms with E-state index in [0.29, 0.717) is 0 Å². The molecule has 1 unspecified atom stereocenters. The van der Waals surface area contributed by atoms with Crippen molar-refractivity contribution in [1.82, 2.24) is 10.6 Å². The van der Waals surface area contributed by atoms with Crippen LogP contribution in [0.4, 0.5) is 8.78 Å². The van der Waals surface area contributed by atoms with Crippen LogP contribution in [0.15, 0.2) is 18.2 Å². The van der Waals surface area contributed by atoms with Gasteiger partial charge in [-0.15, -0.1) is 0 Å². The van der Waals surface area contributed by atoms with E-state index in [4.69, 9.17) is 0 Å². The molecule has 4 heteroatoms. The molecular weight excluding hydrogens is 234 g/mol. The normalized spacial score (nSPS) is 13.7. The zero-order valence-electron chi connectivity index (χ0n) is 11.5. The van der Waals surface area contributed by atoms with Gasteiger partial charge in [0, 0.05) is 24.7 Å². The van der Waals surface area contributed by atoms with Gasteiger partial charge in [0.2, 0.25) is 0 Å². The molecule has 0 spiro atoms. The summed E-state index contributed by atoms with van der Waals surface area (Å²) in [5.74, 6) is -1.60. The molecule has 1 aromatic rings. The molecule has 102 valence electrons. The van der Waals surface area contributed by atoms with Gasteiger partial charge >= 0.3 is 0 Å². The molecule has 0 saturated carbocycles. The maximum atomic E-state index is 13.1. The molecule has 0 aliphatic heterocycles. The summed E-state index contributed by atoms with van der Waals surface area (Å²) in [5.41, 5.74) is 0.844. The fraction of sp³-hybridized carbons (Fsp3) is 0.571. The first kappa shape index (κ1) is 15.1. The average Bonchev–Trinajstić information content (AvgIpc) is 2.26. The molecule has 18 heavy (non-hydrogen) atoms. The molecule has 0 aliphatic carbocycles. The molecule has 2 N–H and O–H groups in total. The van der Waals surface area contributed by atoms with E-state index in [1.165, 1.54) is 6.07 Å². The number of halogens is 2. The lowest BCUT2D eigenvalue weighted by Gasteiger charge is -2.22. The number of hydrogen-bond acceptors (Lipinski definition) is 2. The van der Waals surface area contributed by atoms with Crippen molar-refractivity contribution in [1.29, 1.82) is 0 Å². The van der Waals surface area contributed by atoms with Gasteiger partial charge in [-0.1, -0.05) is 6.07 Å². The quantitative estimate of drug-likeness (QED) is 0.791. The largest absolute Gasteiger partial charge is 0.311 e. The summed E-state index contributed by atoms with van der Waals surface area (Å²) in [6.07, 6.45) is 0. The van der Waals surface area contributed by atoms with Crippen LogP contribution < -0.4 is 10.6 Å². The third-order valence-corrected chi connectivity index (χ3v) is 2.67. The molecule has 1 aromatic carbocycles. The summed E-state index contributed by atoms with van der Waals surface area (Å²) < 4.78 is 25.9. The number of nitrogens with one attached hydrogen (secondary N) is 2. The van der Waals surface area contributed by atoms with E-state index in [-0.39, 0.29) is 11.6 Å². The molecule has 0 fully saturated rings. The van der Waals surface area contributed by atoms with Crippen molar-refractivity contribution in [3.05, 3.63) is 35.4 Å². The second-order valence-corrected chi connectivity index (χ2v) is 5.53. The smallest absolute Gasteiger partial charge is 0.159 e. The molecule has 0 saturated heterocycles. The standard InChI is InChI=1S/C14H22F2N2/c1-10(17-7-8-18-14(2,3)4)11-5-6-12(15)13(16)9-11/h5-6,9-10,17-18H,7-8H2,1-4H3. The second-order valence-electron chi connectivity index (χ2n) is 5.53. The summed E-state index contributed by atoms with van der Waals surface area (Å²) >= 11 is 0. The molecule has 0 heterocycles. The lowest BCUT2D eigenvalue weighted by Crippen LogP contribution is -2.40. The van der Waals surface area contributed by atoms with Crippen molar-refractivity contribution in [2.45, 2.75) is 39.3 Å². The monoisotopic (exact) mass is 256 g/mol. The number of rotatable bonds is 5. The van der Waals surface area contributed by atoms with Crippen LogP contribution in [0.2, 0.25) is 0 Å². The summed E-state index contributed by atoms with van der Waals surface area (Å²) in [7, 11) is 0. The van der Waals surface area contributed by atoms with Crippen LogP contribution in [0, 0.1) is 11.6 Å². The lowest BCUT2D eigenvalue weighted by molar-refractivity contribution is 0.413. The summed E-state index contributed by atoms with van der Waals surface area (Å²) in [6.45, 7) is 9.85. The molecule has 1 rings (SSSR count). The first-order valence-corrected chi connectivity index (χ1v) is 6.23. The van der Waals surface area contributed by atoms with Gasteiger partial charge in [0.25, 0.3) is 0 Å². The van der Waals surface area contributed by atoms with Crippen LogP contribution in [0.3, 0.4) is 0 Å². The Labute approximate surface area is 108 Å². The minimum atomic E-state index is -0.805. The summed E-state index contributed by atoms with van der Waals surface area (Å²) in [5, 5.41) is 6.62. The number of benzene rings is 1. The highest BCUT2D eigenvalue weighted by Gasteiger charge is 2.10. The van der Waals surface area contributed by atoms with Gasteiger partial charge in [-0.2, -0.15) is 0 Å². The maximum absolute atomic E-state index is 13.1. The van der Waals surface area contributed by atoms with Gasteiger partial charge in [-0.25, -0.2) is 8.78 Å². The zero-order chi connectivity index (χ0) is 13.8. The Morgan fingerprint density at radius 3 is 2.33 bits per heavy atom. The SMILES string of the molecule is CC(NCCNC(C)(C)C)c1ccc(F)c(F)c1. The van der Waals surface area contributed by atoms with Crippen molar-refractivity contribution in [3.63, 3.8) is 0 Å². The Balaban J connectivity index is 2.41. The Morgan fingerprint density at radius 1 is 1.11 bits per heavy atom. The van der Waals surface area contributed by atoms with E-state index in [0.717, 1.165) is 24.7 Å². The molecule has 0 amide bonds. The van der Waals surface area contributed by atoms with E-state index in [9.17, 15) is 8.78 Å². The summed E-state index contributed by atoms with van der Waals surface area (Å²) in [6, 6.07) is 4.01. The second kappa shape index (κ2) is 6.25. The predicted octanol–water partition coefficient (Wildman–Crippen LogP) is 3.00. The fourth-order valence-corrected chi connectivity index (χ4v) is 1.63. The zero-order valence-corrected chi connectivity index (χ0v) is 11.5. The molecule has 1 atom stereocenters. The lowest BCUT2D eigenvalue weighted by atomic mass is 10.1. The van der Waals surface area contributed by atoms with E-state index in [1.54, 1.807) is 6.07 Å². The first-order chi connectivity index (χ1) is 8.29. The Kier molecular flexibility index (Phi) is 5.23. The molecule has 0 bridgehead atoms. The van der Waals surface area contributed by atoms with Crippen LogP contribution in [0.25, 0.3) is 0 Å². The van der Waals surface area contributed by atoms with Crippen LogP contribution in [0.5, 0.6) is 0 Å². The third kappa shape index (κ3) is 5.10. The van der Waals surface area contributed by atoms with Gasteiger partial charge in [-0.3, -0.25) is 0 Å². The van der Waals surface area contributed by atoms with Gasteiger partial charge in [-0.05, 0) is 45.4 Å². The average molecular weight is 256 g/mol. The molecule has 2 nitrogen and oxygen atoms in total. The fourth-order valence-electron chi connectivity index (χ4n) is 1.63. The van der Waals surface area contributed by atoms with E-state index >= 15 is 0 Å². The summed E-state index contributed by atoms with van der Waals surface area (Å²) in [4.78, 5) is 0. The maximum Gasteiger partial charge on any atom is 0.159 e. The first-order valence-electron chi connectivity index (χ1n) is 6.23. The van der Waals surface area contributed by atoms with Gasteiger partial charge in [0.15, 0.2) is 11.6 Å². The minimum Gasteiger partial charge on any atom is -0.311 e. The van der Waals surface area contributed by atoms with Crippen LogP contribution in [-0.4, -0.2) is 18.6 Å². The minimum absolute atomic E-state index is 0.00173. The Hall–Kier alpha value is -1.00. The van der Waals surface area contributed by atoms with Crippen LogP contribution in [-0.2, 0) is 0 Å². The van der Waals surface area contributed by atoms with Crippen molar-refractivity contribution in [3.8, 4) is 0 Å². The highest BCUT2D eigenvalue weighted by molar-refractivity contribution is 5.20. The molecule has 0 aromatic heterocycles. The van der Waals surface area contributed by atoms with Gasteiger partial charge in [0.1, 0.15) is 0 Å².